The first-order valence-electron chi connectivity index (χ1n) is 16.8. The highest BCUT2D eigenvalue weighted by molar-refractivity contribution is 7.90. The van der Waals surface area contributed by atoms with Crippen molar-refractivity contribution < 1.29 is 54.9 Å². The van der Waals surface area contributed by atoms with Crippen LogP contribution in [0, 0.1) is 0 Å². The van der Waals surface area contributed by atoms with Crippen molar-refractivity contribution >= 4 is 66.5 Å². The number of sulfonamides is 2. The molecule has 56 heavy (non-hydrogen) atoms. The maximum atomic E-state index is 12.9. The molecule has 2 amide bonds. The SMILES string of the molecule is CCCCCC(C)OC(=O)COc1ccc(Cl)c2cccnc12.COC(=O)c1ccc(CNS(C)(=O)=O)cc1S(=O)(=O)NC(=O)Nc1nc(OC)cc(OC)n1. The number of carbonyl (C=O) groups is 3. The molecule has 18 nitrogen and oxygen atoms in total. The zero-order valence-electron chi connectivity index (χ0n) is 31.5. The van der Waals surface area contributed by atoms with Crippen molar-refractivity contribution in [3.8, 4) is 17.5 Å². The minimum absolute atomic E-state index is 0.0408. The molecule has 0 saturated carbocycles. The Kier molecular flexibility index (Phi) is 17.0. The number of aromatic nitrogens is 3. The number of halogens is 1. The molecule has 1 atom stereocenters. The lowest BCUT2D eigenvalue weighted by molar-refractivity contribution is -0.150. The van der Waals surface area contributed by atoms with Gasteiger partial charge < -0.3 is 23.7 Å². The summed E-state index contributed by atoms with van der Waals surface area (Å²) in [5, 5.41) is 3.52. The number of nitrogens with zero attached hydrogens (tertiary/aromatic N) is 3. The molecule has 0 radical (unpaired) electrons. The minimum Gasteiger partial charge on any atom is -0.481 e. The number of ether oxygens (including phenoxy) is 5. The first kappa shape index (κ1) is 45.1. The van der Waals surface area contributed by atoms with Crippen LogP contribution in [0.5, 0.6) is 17.5 Å². The van der Waals surface area contributed by atoms with E-state index in [1.807, 2.05) is 19.1 Å². The first-order valence-corrected chi connectivity index (χ1v) is 20.6. The predicted octanol–water partition coefficient (Wildman–Crippen LogP) is 4.62. The van der Waals surface area contributed by atoms with E-state index in [2.05, 4.69) is 36.7 Å². The van der Waals surface area contributed by atoms with E-state index in [0.717, 1.165) is 56.6 Å². The van der Waals surface area contributed by atoms with E-state index in [9.17, 15) is 31.2 Å². The van der Waals surface area contributed by atoms with Crippen LogP contribution in [-0.4, -0.2) is 90.1 Å². The maximum Gasteiger partial charge on any atom is 0.344 e. The number of benzene rings is 2. The second kappa shape index (κ2) is 21.1. The lowest BCUT2D eigenvalue weighted by Crippen LogP contribution is -2.35. The third kappa shape index (κ3) is 14.1. The molecule has 1 unspecified atom stereocenters. The van der Waals surface area contributed by atoms with Crippen LogP contribution in [0.25, 0.3) is 10.9 Å². The number of amides is 2. The highest BCUT2D eigenvalue weighted by atomic mass is 35.5. The van der Waals surface area contributed by atoms with Crippen LogP contribution >= 0.6 is 11.6 Å². The van der Waals surface area contributed by atoms with Gasteiger partial charge in [0.05, 0.1) is 50.3 Å². The number of urea groups is 1. The summed E-state index contributed by atoms with van der Waals surface area (Å²) in [6.45, 7) is 3.67. The Hall–Kier alpha value is -5.31. The van der Waals surface area contributed by atoms with Crippen molar-refractivity contribution in [3.05, 3.63) is 70.9 Å². The highest BCUT2D eigenvalue weighted by Gasteiger charge is 2.26. The second-order valence-electron chi connectivity index (χ2n) is 11.8. The fraction of sp³-hybridized carbons (Fsp3) is 0.371. The number of hydrogen-bond donors (Lipinski definition) is 3. The van der Waals surface area contributed by atoms with Gasteiger partial charge in [0.15, 0.2) is 6.61 Å². The van der Waals surface area contributed by atoms with Crippen LogP contribution in [0.3, 0.4) is 0 Å². The third-order valence-electron chi connectivity index (χ3n) is 7.40. The molecule has 2 heterocycles. The lowest BCUT2D eigenvalue weighted by Gasteiger charge is -2.14. The zero-order valence-corrected chi connectivity index (χ0v) is 33.8. The summed E-state index contributed by atoms with van der Waals surface area (Å²) in [7, 11) is -4.53. The van der Waals surface area contributed by atoms with Crippen molar-refractivity contribution in [2.24, 2.45) is 0 Å². The maximum absolute atomic E-state index is 12.9. The molecule has 0 spiro atoms. The molecule has 2 aromatic carbocycles. The third-order valence-corrected chi connectivity index (χ3v) is 9.77. The van der Waals surface area contributed by atoms with Crippen molar-refractivity contribution in [2.75, 3.05) is 39.5 Å². The molecule has 3 N–H and O–H groups in total. The Labute approximate surface area is 329 Å². The number of pyridine rings is 1. The lowest BCUT2D eigenvalue weighted by atomic mass is 10.1. The van der Waals surface area contributed by atoms with Gasteiger partial charge in [-0.15, -0.1) is 0 Å². The number of rotatable bonds is 17. The van der Waals surface area contributed by atoms with E-state index in [1.165, 1.54) is 26.4 Å². The number of carbonyl (C=O) groups excluding carboxylic acids is 3. The van der Waals surface area contributed by atoms with Crippen molar-refractivity contribution in [3.63, 3.8) is 0 Å². The fourth-order valence-corrected chi connectivity index (χ4v) is 6.53. The topological polar surface area (TPSA) is 240 Å². The highest BCUT2D eigenvalue weighted by Crippen LogP contribution is 2.29. The van der Waals surface area contributed by atoms with E-state index in [4.69, 9.17) is 30.5 Å². The molecule has 0 aliphatic heterocycles. The van der Waals surface area contributed by atoms with Crippen LogP contribution in [-0.2, 0) is 40.9 Å². The Morgan fingerprint density at radius 2 is 1.62 bits per heavy atom. The smallest absolute Gasteiger partial charge is 0.344 e. The molecule has 0 saturated heterocycles. The molecule has 0 bridgehead atoms. The zero-order chi connectivity index (χ0) is 41.5. The van der Waals surface area contributed by atoms with Gasteiger partial charge in [-0.3, -0.25) is 10.3 Å². The number of methoxy groups -OCH3 is 3. The van der Waals surface area contributed by atoms with Crippen molar-refractivity contribution in [2.45, 2.75) is 57.1 Å². The van der Waals surface area contributed by atoms with Crippen LogP contribution in [0.2, 0.25) is 5.02 Å². The molecule has 0 aliphatic carbocycles. The number of fused-ring (bicyclic) bond motifs is 1. The van der Waals surface area contributed by atoms with Crippen molar-refractivity contribution in [1.29, 1.82) is 0 Å². The summed E-state index contributed by atoms with van der Waals surface area (Å²) in [5.74, 6) is -1.07. The van der Waals surface area contributed by atoms with E-state index < -0.39 is 36.9 Å². The second-order valence-corrected chi connectivity index (χ2v) is 15.7. The van der Waals surface area contributed by atoms with E-state index >= 15 is 0 Å². The van der Waals surface area contributed by atoms with Gasteiger partial charge in [0.25, 0.3) is 10.0 Å². The van der Waals surface area contributed by atoms with Crippen LogP contribution in [0.1, 0.15) is 55.5 Å². The number of nitrogens with one attached hydrogen (secondary N) is 3. The van der Waals surface area contributed by atoms with Gasteiger partial charge in [0.1, 0.15) is 16.2 Å². The Balaban J connectivity index is 0.000000320. The summed E-state index contributed by atoms with van der Waals surface area (Å²) < 4.78 is 77.7. The molecular weight excluding hydrogens is 796 g/mol. The molecule has 0 fully saturated rings. The Morgan fingerprint density at radius 3 is 2.25 bits per heavy atom. The van der Waals surface area contributed by atoms with E-state index in [1.54, 1.807) is 23.1 Å². The Bertz CT molecular complexity index is 2200. The minimum atomic E-state index is -4.63. The van der Waals surface area contributed by atoms with Crippen molar-refractivity contribution in [1.82, 2.24) is 24.4 Å². The number of hydrogen-bond acceptors (Lipinski definition) is 15. The normalized spacial score (nSPS) is 11.7. The fourth-order valence-electron chi connectivity index (χ4n) is 4.73. The quantitative estimate of drug-likeness (QED) is 0.0971. The van der Waals surface area contributed by atoms with Crippen LogP contribution in [0.15, 0.2) is 59.6 Å². The monoisotopic (exact) mass is 838 g/mol. The van der Waals surface area contributed by atoms with E-state index in [0.29, 0.717) is 16.3 Å². The predicted molar refractivity (Wildman–Crippen MR) is 206 cm³/mol. The molecule has 0 aliphatic rings. The largest absolute Gasteiger partial charge is 0.481 e. The first-order chi connectivity index (χ1) is 26.5. The van der Waals surface area contributed by atoms with Gasteiger partial charge in [-0.25, -0.2) is 40.7 Å². The Morgan fingerprint density at radius 1 is 0.929 bits per heavy atom. The number of unbranched alkanes of at least 4 members (excludes halogenated alkanes) is 2. The standard InChI is InChI=1S/C18H22ClNO3.C17H21N5O9S2/c1-3-4-5-7-13(2)23-17(21)12-22-16-10-9-15(19)14-8-6-11-20-18(14)16;1-29-13-8-14(30-2)20-16(19-13)21-17(24)22-33(27,28)12-7-10(9-18-32(4,25)26)5-6-11(12)15(23)31-3/h6,8-11,13H,3-5,7,12H2,1-2H3;5-8,18H,9H2,1-4H3,(H2,19,20,21,22,24). The molecule has 2 aromatic heterocycles. The summed E-state index contributed by atoms with van der Waals surface area (Å²) >= 11 is 6.13. The number of anilines is 1. The van der Waals surface area contributed by atoms with Gasteiger partial charge in [-0.1, -0.05) is 37.4 Å². The van der Waals surface area contributed by atoms with Gasteiger partial charge in [0.2, 0.25) is 27.7 Å². The average molecular weight is 839 g/mol. The summed E-state index contributed by atoms with van der Waals surface area (Å²) in [6.07, 6.45) is 6.76. The summed E-state index contributed by atoms with van der Waals surface area (Å²) in [4.78, 5) is 47.6. The molecule has 4 aromatic rings. The van der Waals surface area contributed by atoms with Gasteiger partial charge >= 0.3 is 18.0 Å². The van der Waals surface area contributed by atoms with Gasteiger partial charge in [0, 0.05) is 18.1 Å². The van der Waals surface area contributed by atoms with Crippen LogP contribution < -0.4 is 29.0 Å². The van der Waals surface area contributed by atoms with Gasteiger partial charge in [-0.2, -0.15) is 9.97 Å². The van der Waals surface area contributed by atoms with Crippen LogP contribution in [0.4, 0.5) is 10.7 Å². The summed E-state index contributed by atoms with van der Waals surface area (Å²) in [5.41, 5.74) is 0.471. The van der Waals surface area contributed by atoms with E-state index in [-0.39, 0.29) is 54.1 Å². The number of esters is 2. The van der Waals surface area contributed by atoms with Gasteiger partial charge in [-0.05, 0) is 61.7 Å². The molecule has 304 valence electrons. The molecule has 4 rings (SSSR count). The average Bonchev–Trinajstić information content (AvgIpc) is 3.16. The molecular formula is C35H43ClN6O12S2. The summed E-state index contributed by atoms with van der Waals surface area (Å²) in [6, 6.07) is 10.7. The molecule has 21 heteroatoms.